The molecule has 0 bridgehead atoms. The van der Waals surface area contributed by atoms with Crippen molar-refractivity contribution in [3.8, 4) is 11.5 Å². The number of aromatic nitrogens is 3. The monoisotopic (exact) mass is 334 g/mol. The van der Waals surface area contributed by atoms with Crippen molar-refractivity contribution in [2.75, 3.05) is 7.05 Å². The fourth-order valence-corrected chi connectivity index (χ4v) is 2.30. The third-order valence-corrected chi connectivity index (χ3v) is 3.45. The lowest BCUT2D eigenvalue weighted by molar-refractivity contribution is 0.275. The van der Waals surface area contributed by atoms with E-state index in [0.29, 0.717) is 36.3 Å². The molecule has 0 aliphatic heterocycles. The van der Waals surface area contributed by atoms with Gasteiger partial charge in [0.25, 0.3) is 0 Å². The Morgan fingerprint density at radius 3 is 2.54 bits per heavy atom. The molecule has 1 aromatic carbocycles. The maximum absolute atomic E-state index is 13.9. The third kappa shape index (κ3) is 3.48. The van der Waals surface area contributed by atoms with E-state index in [1.54, 1.807) is 13.8 Å². The van der Waals surface area contributed by atoms with Crippen molar-refractivity contribution in [3.05, 3.63) is 53.1 Å². The van der Waals surface area contributed by atoms with Crippen molar-refractivity contribution in [1.82, 2.24) is 20.1 Å². The summed E-state index contributed by atoms with van der Waals surface area (Å²) in [5, 5.41) is 7.71. The first-order chi connectivity index (χ1) is 11.4. The van der Waals surface area contributed by atoms with Crippen LogP contribution in [0.5, 0.6) is 0 Å². The van der Waals surface area contributed by atoms with Crippen molar-refractivity contribution < 1.29 is 17.6 Å². The molecule has 0 unspecified atom stereocenters. The van der Waals surface area contributed by atoms with E-state index < -0.39 is 11.6 Å². The summed E-state index contributed by atoms with van der Waals surface area (Å²) in [4.78, 5) is 6.24. The van der Waals surface area contributed by atoms with Crippen molar-refractivity contribution >= 4 is 0 Å². The number of rotatable bonds is 5. The highest BCUT2D eigenvalue weighted by atomic mass is 19.1. The van der Waals surface area contributed by atoms with Crippen LogP contribution in [0.25, 0.3) is 11.5 Å². The smallest absolute Gasteiger partial charge is 0.230 e. The molecule has 0 atom stereocenters. The van der Waals surface area contributed by atoms with Crippen molar-refractivity contribution in [3.63, 3.8) is 0 Å². The highest BCUT2D eigenvalue weighted by molar-refractivity contribution is 5.54. The summed E-state index contributed by atoms with van der Waals surface area (Å²) in [7, 11) is 1.87. The molecule has 3 rings (SSSR count). The van der Waals surface area contributed by atoms with Crippen molar-refractivity contribution in [1.29, 1.82) is 0 Å². The number of benzene rings is 1. The Kier molecular flexibility index (Phi) is 4.39. The minimum atomic E-state index is -0.711. The SMILES string of the molecule is Cc1nnc(CN(C)Cc2nc(-c3ccc(F)cc3F)oc2C)o1. The van der Waals surface area contributed by atoms with Crippen LogP contribution in [0.3, 0.4) is 0 Å². The Balaban J connectivity index is 1.76. The average Bonchev–Trinajstić information content (AvgIpc) is 3.05. The van der Waals surface area contributed by atoms with Gasteiger partial charge in [0.15, 0.2) is 0 Å². The third-order valence-electron chi connectivity index (χ3n) is 3.45. The van der Waals surface area contributed by atoms with E-state index in [-0.39, 0.29) is 11.5 Å². The maximum Gasteiger partial charge on any atom is 0.230 e. The lowest BCUT2D eigenvalue weighted by atomic mass is 10.2. The van der Waals surface area contributed by atoms with Gasteiger partial charge in [0.05, 0.1) is 17.8 Å². The molecule has 24 heavy (non-hydrogen) atoms. The number of hydrogen-bond acceptors (Lipinski definition) is 6. The molecule has 0 radical (unpaired) electrons. The van der Waals surface area contributed by atoms with Gasteiger partial charge in [0, 0.05) is 19.5 Å². The molecule has 126 valence electrons. The minimum Gasteiger partial charge on any atom is -0.441 e. The van der Waals surface area contributed by atoms with Crippen molar-refractivity contribution in [2.24, 2.45) is 0 Å². The lowest BCUT2D eigenvalue weighted by Gasteiger charge is -2.12. The molecular formula is C16H16F2N4O2. The number of aryl methyl sites for hydroxylation is 2. The highest BCUT2D eigenvalue weighted by Crippen LogP contribution is 2.25. The van der Waals surface area contributed by atoms with Gasteiger partial charge in [0.2, 0.25) is 17.7 Å². The van der Waals surface area contributed by atoms with Crippen molar-refractivity contribution in [2.45, 2.75) is 26.9 Å². The second kappa shape index (κ2) is 6.48. The number of halogens is 2. The molecule has 0 amide bonds. The molecule has 0 saturated carbocycles. The van der Waals surface area contributed by atoms with E-state index in [1.165, 1.54) is 12.1 Å². The van der Waals surface area contributed by atoms with Gasteiger partial charge in [-0.1, -0.05) is 0 Å². The van der Waals surface area contributed by atoms with E-state index in [9.17, 15) is 8.78 Å². The Hall–Kier alpha value is -2.61. The first-order valence-corrected chi connectivity index (χ1v) is 7.31. The molecule has 0 aliphatic carbocycles. The first-order valence-electron chi connectivity index (χ1n) is 7.31. The zero-order valence-corrected chi connectivity index (χ0v) is 13.5. The van der Waals surface area contributed by atoms with Gasteiger partial charge >= 0.3 is 0 Å². The summed E-state index contributed by atoms with van der Waals surface area (Å²) >= 11 is 0. The Morgan fingerprint density at radius 2 is 1.88 bits per heavy atom. The largest absolute Gasteiger partial charge is 0.441 e. The van der Waals surface area contributed by atoms with E-state index in [2.05, 4.69) is 15.2 Å². The quantitative estimate of drug-likeness (QED) is 0.713. The number of oxazole rings is 1. The van der Waals surface area contributed by atoms with Gasteiger partial charge in [0.1, 0.15) is 17.4 Å². The highest BCUT2D eigenvalue weighted by Gasteiger charge is 2.17. The summed E-state index contributed by atoms with van der Waals surface area (Å²) in [5.41, 5.74) is 0.786. The van der Waals surface area contributed by atoms with Crippen LogP contribution in [0.4, 0.5) is 8.78 Å². The molecule has 0 fully saturated rings. The first kappa shape index (κ1) is 16.3. The van der Waals surface area contributed by atoms with Crippen LogP contribution in [0.2, 0.25) is 0 Å². The molecular weight excluding hydrogens is 318 g/mol. The predicted octanol–water partition coefficient (Wildman–Crippen LogP) is 3.25. The lowest BCUT2D eigenvalue weighted by Crippen LogP contribution is -2.18. The Labute approximate surface area is 137 Å². The van der Waals surface area contributed by atoms with E-state index in [4.69, 9.17) is 8.83 Å². The van der Waals surface area contributed by atoms with E-state index >= 15 is 0 Å². The summed E-state index contributed by atoms with van der Waals surface area (Å²) in [6.07, 6.45) is 0. The maximum atomic E-state index is 13.9. The topological polar surface area (TPSA) is 68.2 Å². The zero-order chi connectivity index (χ0) is 17.3. The molecule has 2 aromatic heterocycles. The summed E-state index contributed by atoms with van der Waals surface area (Å²) in [6, 6.07) is 3.28. The van der Waals surface area contributed by atoms with Crippen LogP contribution in [-0.4, -0.2) is 27.1 Å². The Bertz CT molecular complexity index is 860. The van der Waals surface area contributed by atoms with Crippen LogP contribution < -0.4 is 0 Å². The number of hydrogen-bond donors (Lipinski definition) is 0. The summed E-state index contributed by atoms with van der Waals surface area (Å²) in [6.45, 7) is 4.38. The van der Waals surface area contributed by atoms with Gasteiger partial charge in [-0.15, -0.1) is 10.2 Å². The fraction of sp³-hybridized carbons (Fsp3) is 0.312. The molecule has 6 nitrogen and oxygen atoms in total. The van der Waals surface area contributed by atoms with Crippen LogP contribution in [0, 0.1) is 25.5 Å². The minimum absolute atomic E-state index is 0.126. The van der Waals surface area contributed by atoms with Gasteiger partial charge in [-0.25, -0.2) is 13.8 Å². The molecule has 0 N–H and O–H groups in total. The molecule has 8 heteroatoms. The van der Waals surface area contributed by atoms with Crippen LogP contribution in [0.15, 0.2) is 27.0 Å². The summed E-state index contributed by atoms with van der Waals surface area (Å²) in [5.74, 6) is 0.349. The average molecular weight is 334 g/mol. The second-order valence-electron chi connectivity index (χ2n) is 5.53. The van der Waals surface area contributed by atoms with Gasteiger partial charge < -0.3 is 8.83 Å². The standard InChI is InChI=1S/C16H16F2N4O2/c1-9-14(7-22(3)8-15-21-20-10(2)24-15)19-16(23-9)12-5-4-11(17)6-13(12)18/h4-6H,7-8H2,1-3H3. The summed E-state index contributed by atoms with van der Waals surface area (Å²) < 4.78 is 37.7. The van der Waals surface area contributed by atoms with Gasteiger partial charge in [-0.2, -0.15) is 0 Å². The van der Waals surface area contributed by atoms with Crippen LogP contribution in [0.1, 0.15) is 23.2 Å². The zero-order valence-electron chi connectivity index (χ0n) is 13.5. The Morgan fingerprint density at radius 1 is 1.08 bits per heavy atom. The molecule has 0 spiro atoms. The van der Waals surface area contributed by atoms with Gasteiger partial charge in [-0.3, -0.25) is 4.90 Å². The molecule has 2 heterocycles. The molecule has 0 aliphatic rings. The van der Waals surface area contributed by atoms with E-state index in [1.807, 2.05) is 11.9 Å². The predicted molar refractivity (Wildman–Crippen MR) is 80.8 cm³/mol. The second-order valence-corrected chi connectivity index (χ2v) is 5.53. The van der Waals surface area contributed by atoms with Crippen LogP contribution in [-0.2, 0) is 13.1 Å². The normalized spacial score (nSPS) is 11.4. The molecule has 0 saturated heterocycles. The van der Waals surface area contributed by atoms with Crippen LogP contribution >= 0.6 is 0 Å². The fourth-order valence-electron chi connectivity index (χ4n) is 2.30. The van der Waals surface area contributed by atoms with E-state index in [0.717, 1.165) is 6.07 Å². The number of nitrogens with zero attached hydrogens (tertiary/aromatic N) is 4. The van der Waals surface area contributed by atoms with Gasteiger partial charge in [-0.05, 0) is 26.1 Å². The molecule has 3 aromatic rings.